The van der Waals surface area contributed by atoms with E-state index in [9.17, 15) is 22.8 Å². The summed E-state index contributed by atoms with van der Waals surface area (Å²) in [5.74, 6) is -1.19. The Labute approximate surface area is 209 Å². The van der Waals surface area contributed by atoms with Gasteiger partial charge in [0.25, 0.3) is 11.8 Å². The van der Waals surface area contributed by atoms with Gasteiger partial charge in [-0.1, -0.05) is 23.7 Å². The van der Waals surface area contributed by atoms with E-state index in [-0.39, 0.29) is 33.6 Å². The lowest BCUT2D eigenvalue weighted by Crippen LogP contribution is -2.21. The zero-order chi connectivity index (χ0) is 26.3. The molecular weight excluding hydrogens is 515 g/mol. The number of halogens is 4. The summed E-state index contributed by atoms with van der Waals surface area (Å²) >= 11 is 6.08. The Balaban J connectivity index is 1.53. The van der Waals surface area contributed by atoms with Gasteiger partial charge in [-0.25, -0.2) is 14.6 Å². The van der Waals surface area contributed by atoms with Crippen molar-refractivity contribution >= 4 is 63.9 Å². The molecular formula is C22H13ClF3N9O2. The zero-order valence-electron chi connectivity index (χ0n) is 18.3. The standard InChI is InChI=1S/C22H13ClF3N9O2/c23-14-6-10(7-28-18(14)34-30-5-4-27)32-21(37)13-8-31-35(17(13)22(24,25)26)15-9-29-19-16-11(15)2-1-3-12(16)20(36)33-19/h1-9,27H,(H,28,34)(H,32,37)(H,29,33,36)/b27-4?,30-5-. The number of hydrogen-bond acceptors (Lipinski definition) is 8. The van der Waals surface area contributed by atoms with E-state index in [1.807, 2.05) is 0 Å². The van der Waals surface area contributed by atoms with Crippen molar-refractivity contribution in [1.82, 2.24) is 19.7 Å². The smallest absolute Gasteiger partial charge is 0.320 e. The summed E-state index contributed by atoms with van der Waals surface area (Å²) in [6.45, 7) is 0. The Bertz CT molecular complexity index is 1630. The van der Waals surface area contributed by atoms with Gasteiger partial charge in [0.2, 0.25) is 0 Å². The van der Waals surface area contributed by atoms with Gasteiger partial charge in [0.15, 0.2) is 11.5 Å². The van der Waals surface area contributed by atoms with Gasteiger partial charge >= 0.3 is 6.18 Å². The van der Waals surface area contributed by atoms with Crippen molar-refractivity contribution in [3.63, 3.8) is 0 Å². The molecule has 5 rings (SSSR count). The Kier molecular flexibility index (Phi) is 5.79. The molecule has 1 aliphatic rings. The molecule has 1 aromatic carbocycles. The molecule has 3 aromatic heterocycles. The second-order valence-corrected chi connectivity index (χ2v) is 7.96. The van der Waals surface area contributed by atoms with Crippen LogP contribution in [-0.2, 0) is 6.18 Å². The summed E-state index contributed by atoms with van der Waals surface area (Å²) in [5, 5.41) is 19.9. The summed E-state index contributed by atoms with van der Waals surface area (Å²) in [4.78, 5) is 33.1. The number of alkyl halides is 3. The van der Waals surface area contributed by atoms with Gasteiger partial charge in [0.05, 0.1) is 52.3 Å². The number of aromatic nitrogens is 4. The maximum atomic E-state index is 14.2. The van der Waals surface area contributed by atoms with E-state index in [0.29, 0.717) is 15.5 Å². The molecule has 0 aliphatic carbocycles. The lowest BCUT2D eigenvalue weighted by atomic mass is 10.1. The van der Waals surface area contributed by atoms with Gasteiger partial charge in [0.1, 0.15) is 5.82 Å². The fourth-order valence-electron chi connectivity index (χ4n) is 3.80. The zero-order valence-corrected chi connectivity index (χ0v) is 19.0. The Morgan fingerprint density at radius 2 is 2.03 bits per heavy atom. The number of carbonyl (C=O) groups is 2. The van der Waals surface area contributed by atoms with Gasteiger partial charge in [-0.3, -0.25) is 15.0 Å². The number of rotatable bonds is 6. The molecule has 0 bridgehead atoms. The summed E-state index contributed by atoms with van der Waals surface area (Å²) < 4.78 is 43.3. The average Bonchev–Trinajstić information content (AvgIpc) is 3.44. The molecule has 4 heterocycles. The average molecular weight is 528 g/mol. The van der Waals surface area contributed by atoms with Gasteiger partial charge < -0.3 is 16.0 Å². The van der Waals surface area contributed by atoms with Crippen LogP contribution in [0.4, 0.5) is 30.5 Å². The number of amides is 2. The quantitative estimate of drug-likeness (QED) is 0.216. The first-order valence-corrected chi connectivity index (χ1v) is 10.7. The highest BCUT2D eigenvalue weighted by atomic mass is 35.5. The maximum Gasteiger partial charge on any atom is 0.434 e. The van der Waals surface area contributed by atoms with Crippen LogP contribution in [-0.4, -0.2) is 44.0 Å². The van der Waals surface area contributed by atoms with Crippen LogP contribution in [0, 0.1) is 5.41 Å². The van der Waals surface area contributed by atoms with Crippen LogP contribution in [0.25, 0.3) is 16.5 Å². The minimum Gasteiger partial charge on any atom is -0.320 e. The van der Waals surface area contributed by atoms with Gasteiger partial charge in [-0.15, -0.1) is 0 Å². The molecule has 186 valence electrons. The van der Waals surface area contributed by atoms with Crippen LogP contribution in [0.3, 0.4) is 0 Å². The molecule has 1 aliphatic heterocycles. The highest BCUT2D eigenvalue weighted by molar-refractivity contribution is 6.33. The monoisotopic (exact) mass is 527 g/mol. The minimum absolute atomic E-state index is 0.0220. The largest absolute Gasteiger partial charge is 0.434 e. The molecule has 0 saturated carbocycles. The van der Waals surface area contributed by atoms with Crippen molar-refractivity contribution < 1.29 is 22.8 Å². The van der Waals surface area contributed by atoms with Crippen LogP contribution in [0.5, 0.6) is 0 Å². The van der Waals surface area contributed by atoms with Crippen LogP contribution in [0.2, 0.25) is 5.02 Å². The Morgan fingerprint density at radius 3 is 2.76 bits per heavy atom. The van der Waals surface area contributed by atoms with E-state index in [4.69, 9.17) is 17.0 Å². The number of pyridine rings is 2. The summed E-state index contributed by atoms with van der Waals surface area (Å²) in [6.07, 6.45) is 0.187. The molecule has 0 radical (unpaired) electrons. The SMILES string of the molecule is N=C/C=N\Nc1ncc(NC(=O)c2cnn(-c3cnc4c5c(cccc35)C(=O)N4)c2C(F)(F)F)cc1Cl. The second-order valence-electron chi connectivity index (χ2n) is 7.56. The van der Waals surface area contributed by atoms with E-state index in [2.05, 4.69) is 36.2 Å². The predicted octanol–water partition coefficient (Wildman–Crippen LogP) is 4.35. The molecule has 0 atom stereocenters. The van der Waals surface area contributed by atoms with Gasteiger partial charge in [-0.05, 0) is 12.1 Å². The molecule has 4 N–H and O–H groups in total. The summed E-state index contributed by atoms with van der Waals surface area (Å²) in [7, 11) is 0. The molecule has 15 heteroatoms. The fraction of sp³-hybridized carbons (Fsp3) is 0.0455. The van der Waals surface area contributed by atoms with Crippen LogP contribution < -0.4 is 16.1 Å². The first-order chi connectivity index (χ1) is 17.7. The topological polar surface area (TPSA) is 150 Å². The molecule has 0 unspecified atom stereocenters. The number of benzene rings is 1. The number of nitrogens with one attached hydrogen (secondary N) is 4. The molecule has 11 nitrogen and oxygen atoms in total. The van der Waals surface area contributed by atoms with E-state index in [0.717, 1.165) is 24.8 Å². The van der Waals surface area contributed by atoms with Crippen LogP contribution in [0.15, 0.2) is 48.0 Å². The van der Waals surface area contributed by atoms with Crippen LogP contribution >= 0.6 is 11.6 Å². The van der Waals surface area contributed by atoms with Crippen molar-refractivity contribution in [1.29, 1.82) is 5.41 Å². The number of hydrazone groups is 1. The third-order valence-corrected chi connectivity index (χ3v) is 5.59. The molecule has 2 amide bonds. The van der Waals surface area contributed by atoms with Gasteiger partial charge in [0, 0.05) is 17.0 Å². The fourth-order valence-corrected chi connectivity index (χ4v) is 4.01. The van der Waals surface area contributed by atoms with Crippen molar-refractivity contribution in [2.45, 2.75) is 6.18 Å². The first kappa shape index (κ1) is 23.9. The third-order valence-electron chi connectivity index (χ3n) is 5.30. The van der Waals surface area contributed by atoms with E-state index in [1.165, 1.54) is 30.5 Å². The number of anilines is 3. The maximum absolute atomic E-state index is 14.2. The van der Waals surface area contributed by atoms with Crippen molar-refractivity contribution in [2.75, 3.05) is 16.1 Å². The summed E-state index contributed by atoms with van der Waals surface area (Å²) in [6, 6.07) is 5.87. The Morgan fingerprint density at radius 1 is 1.22 bits per heavy atom. The van der Waals surface area contributed by atoms with E-state index < -0.39 is 29.2 Å². The highest BCUT2D eigenvalue weighted by Gasteiger charge is 2.41. The molecule has 0 saturated heterocycles. The number of hydrogen-bond donors (Lipinski definition) is 4. The molecule has 0 fully saturated rings. The van der Waals surface area contributed by atoms with Crippen molar-refractivity contribution in [2.24, 2.45) is 5.10 Å². The van der Waals surface area contributed by atoms with Crippen molar-refractivity contribution in [3.8, 4) is 5.69 Å². The van der Waals surface area contributed by atoms with E-state index >= 15 is 0 Å². The predicted molar refractivity (Wildman–Crippen MR) is 130 cm³/mol. The third kappa shape index (κ3) is 4.23. The second kappa shape index (κ2) is 8.98. The normalized spacial score (nSPS) is 12.7. The minimum atomic E-state index is -4.98. The molecule has 37 heavy (non-hydrogen) atoms. The van der Waals surface area contributed by atoms with Crippen molar-refractivity contribution in [3.05, 3.63) is 64.7 Å². The number of carbonyl (C=O) groups excluding carboxylic acids is 2. The van der Waals surface area contributed by atoms with E-state index in [1.54, 1.807) is 0 Å². The number of nitrogens with zero attached hydrogens (tertiary/aromatic N) is 5. The summed E-state index contributed by atoms with van der Waals surface area (Å²) in [5.41, 5.74) is 0.625. The Hall–Kier alpha value is -4.85. The highest BCUT2D eigenvalue weighted by Crippen LogP contribution is 2.38. The molecule has 0 spiro atoms. The first-order valence-electron chi connectivity index (χ1n) is 10.3. The van der Waals surface area contributed by atoms with Gasteiger partial charge in [-0.2, -0.15) is 23.4 Å². The lowest BCUT2D eigenvalue weighted by Gasteiger charge is -2.14. The molecule has 4 aromatic rings. The lowest BCUT2D eigenvalue weighted by molar-refractivity contribution is -0.143. The van der Waals surface area contributed by atoms with Crippen LogP contribution in [0.1, 0.15) is 26.4 Å².